The van der Waals surface area contributed by atoms with Crippen LogP contribution in [0.5, 0.6) is 0 Å². The topological polar surface area (TPSA) is 66.7 Å². The first-order valence-corrected chi connectivity index (χ1v) is 6.48. The minimum absolute atomic E-state index is 0.0264. The van der Waals surface area contributed by atoms with E-state index < -0.39 is 4.92 Å². The lowest BCUT2D eigenvalue weighted by atomic mass is 10.2. The van der Waals surface area contributed by atoms with Crippen LogP contribution in [0.3, 0.4) is 0 Å². The first kappa shape index (κ1) is 12.2. The van der Waals surface area contributed by atoms with Crippen molar-refractivity contribution >= 4 is 29.0 Å². The number of rotatable bonds is 3. The van der Waals surface area contributed by atoms with Gasteiger partial charge >= 0.3 is 6.03 Å². The third kappa shape index (κ3) is 2.02. The zero-order chi connectivity index (χ0) is 13.6. The average Bonchev–Trinajstić information content (AvgIpc) is 3.14. The van der Waals surface area contributed by atoms with Crippen molar-refractivity contribution in [2.45, 2.75) is 18.9 Å². The van der Waals surface area contributed by atoms with Crippen LogP contribution < -0.4 is 4.90 Å². The van der Waals surface area contributed by atoms with Crippen molar-refractivity contribution in [2.24, 2.45) is 0 Å². The van der Waals surface area contributed by atoms with E-state index >= 15 is 0 Å². The predicted octanol–water partition coefficient (Wildman–Crippen LogP) is 2.65. The molecule has 0 unspecified atom stereocenters. The maximum absolute atomic E-state index is 12.2. The minimum atomic E-state index is -0.537. The molecule has 1 saturated heterocycles. The molecule has 7 heteroatoms. The number of carbonyl (C=O) groups excluding carboxylic acids is 1. The molecule has 2 aliphatic rings. The molecule has 1 aliphatic carbocycles. The summed E-state index contributed by atoms with van der Waals surface area (Å²) in [7, 11) is 0. The van der Waals surface area contributed by atoms with Crippen LogP contribution in [0, 0.1) is 10.1 Å². The molecule has 0 spiro atoms. The van der Waals surface area contributed by atoms with Crippen LogP contribution in [0.4, 0.5) is 16.2 Å². The number of anilines is 1. The van der Waals surface area contributed by atoms with Gasteiger partial charge < -0.3 is 4.90 Å². The summed E-state index contributed by atoms with van der Waals surface area (Å²) in [5.41, 5.74) is 0.251. The van der Waals surface area contributed by atoms with Crippen LogP contribution in [0.1, 0.15) is 12.8 Å². The Morgan fingerprint density at radius 1 is 1.32 bits per heavy atom. The highest BCUT2D eigenvalue weighted by Gasteiger charge is 2.40. The van der Waals surface area contributed by atoms with Crippen molar-refractivity contribution in [1.29, 1.82) is 0 Å². The second-order valence-electron chi connectivity index (χ2n) is 4.73. The Morgan fingerprint density at radius 2 is 2.05 bits per heavy atom. The van der Waals surface area contributed by atoms with Gasteiger partial charge in [-0.3, -0.25) is 15.0 Å². The van der Waals surface area contributed by atoms with Crippen LogP contribution >= 0.6 is 11.6 Å². The Morgan fingerprint density at radius 3 is 2.68 bits per heavy atom. The molecule has 1 heterocycles. The van der Waals surface area contributed by atoms with Gasteiger partial charge in [-0.05, 0) is 18.9 Å². The molecular formula is C12H12ClN3O3. The molecule has 1 aliphatic heterocycles. The van der Waals surface area contributed by atoms with E-state index in [0.29, 0.717) is 24.8 Å². The number of carbonyl (C=O) groups is 1. The lowest BCUT2D eigenvalue weighted by molar-refractivity contribution is -0.384. The number of benzene rings is 1. The number of halogens is 1. The standard InChI is InChI=1S/C12H12ClN3O3/c13-11-9(2-1-3-10(11)16(18)19)15-7-6-14(12(15)17)8-4-5-8/h1-3,8H,4-7H2. The van der Waals surface area contributed by atoms with Crippen molar-refractivity contribution < 1.29 is 9.72 Å². The summed E-state index contributed by atoms with van der Waals surface area (Å²) in [5.74, 6) is 0. The summed E-state index contributed by atoms with van der Waals surface area (Å²) in [4.78, 5) is 25.9. The largest absolute Gasteiger partial charge is 0.324 e. The van der Waals surface area contributed by atoms with Crippen molar-refractivity contribution in [3.63, 3.8) is 0 Å². The molecule has 1 saturated carbocycles. The smallest absolute Gasteiger partial charge is 0.320 e. The Bertz CT molecular complexity index is 559. The number of nitro groups is 1. The maximum Gasteiger partial charge on any atom is 0.324 e. The van der Waals surface area contributed by atoms with Gasteiger partial charge in [0.05, 0.1) is 10.6 Å². The molecule has 1 aromatic carbocycles. The molecule has 100 valence electrons. The number of amides is 2. The Hall–Kier alpha value is -1.82. The summed E-state index contributed by atoms with van der Waals surface area (Å²) >= 11 is 6.04. The van der Waals surface area contributed by atoms with Crippen molar-refractivity contribution in [2.75, 3.05) is 18.0 Å². The van der Waals surface area contributed by atoms with Gasteiger partial charge in [-0.15, -0.1) is 0 Å². The van der Waals surface area contributed by atoms with Gasteiger partial charge in [0.25, 0.3) is 5.69 Å². The second kappa shape index (κ2) is 4.38. The molecule has 19 heavy (non-hydrogen) atoms. The van der Waals surface area contributed by atoms with Crippen LogP contribution in [0.2, 0.25) is 5.02 Å². The van der Waals surface area contributed by atoms with E-state index in [-0.39, 0.29) is 16.7 Å². The quantitative estimate of drug-likeness (QED) is 0.632. The first-order chi connectivity index (χ1) is 9.09. The fraction of sp³-hybridized carbons (Fsp3) is 0.417. The van der Waals surface area contributed by atoms with Gasteiger partial charge in [0.1, 0.15) is 5.02 Å². The van der Waals surface area contributed by atoms with Gasteiger partial charge in [-0.25, -0.2) is 4.79 Å². The molecule has 1 aromatic rings. The van der Waals surface area contributed by atoms with E-state index in [2.05, 4.69) is 0 Å². The number of nitrogens with zero attached hydrogens (tertiary/aromatic N) is 3. The van der Waals surface area contributed by atoms with Gasteiger partial charge in [0, 0.05) is 25.2 Å². The van der Waals surface area contributed by atoms with Crippen LogP contribution in [-0.2, 0) is 0 Å². The van der Waals surface area contributed by atoms with Crippen molar-refractivity contribution in [1.82, 2.24) is 4.90 Å². The SMILES string of the molecule is O=C1N(c2cccc([N+](=O)[O-])c2Cl)CCN1C1CC1. The monoisotopic (exact) mass is 281 g/mol. The summed E-state index contributed by atoms with van der Waals surface area (Å²) in [6.45, 7) is 1.18. The molecule has 0 radical (unpaired) electrons. The molecule has 2 fully saturated rings. The molecule has 3 rings (SSSR count). The normalized spacial score (nSPS) is 19.1. The molecule has 0 N–H and O–H groups in total. The molecule has 0 aromatic heterocycles. The third-order valence-corrected chi connectivity index (χ3v) is 3.86. The van der Waals surface area contributed by atoms with E-state index in [9.17, 15) is 14.9 Å². The van der Waals surface area contributed by atoms with Gasteiger partial charge in [0.2, 0.25) is 0 Å². The molecule has 0 atom stereocenters. The zero-order valence-electron chi connectivity index (χ0n) is 10.1. The molecular weight excluding hydrogens is 270 g/mol. The van der Waals surface area contributed by atoms with E-state index in [4.69, 9.17) is 11.6 Å². The fourth-order valence-corrected chi connectivity index (χ4v) is 2.66. The zero-order valence-corrected chi connectivity index (χ0v) is 10.8. The number of hydrogen-bond acceptors (Lipinski definition) is 3. The summed E-state index contributed by atoms with van der Waals surface area (Å²) in [6, 6.07) is 4.76. The second-order valence-corrected chi connectivity index (χ2v) is 5.10. The average molecular weight is 282 g/mol. The van der Waals surface area contributed by atoms with Crippen LogP contribution in [-0.4, -0.2) is 35.0 Å². The molecule has 2 amide bonds. The fourth-order valence-electron chi connectivity index (χ4n) is 2.36. The number of nitro benzene ring substituents is 1. The summed E-state index contributed by atoms with van der Waals surface area (Å²) in [6.07, 6.45) is 2.09. The highest BCUT2D eigenvalue weighted by Crippen LogP contribution is 2.37. The van der Waals surface area contributed by atoms with Crippen LogP contribution in [0.15, 0.2) is 18.2 Å². The van der Waals surface area contributed by atoms with E-state index in [1.165, 1.54) is 11.0 Å². The Kier molecular flexibility index (Phi) is 2.82. The van der Waals surface area contributed by atoms with Crippen molar-refractivity contribution in [3.8, 4) is 0 Å². The lowest BCUT2D eigenvalue weighted by Gasteiger charge is -2.19. The Balaban J connectivity index is 1.92. The minimum Gasteiger partial charge on any atom is -0.320 e. The maximum atomic E-state index is 12.2. The lowest BCUT2D eigenvalue weighted by Crippen LogP contribution is -2.33. The third-order valence-electron chi connectivity index (χ3n) is 3.47. The van der Waals surface area contributed by atoms with Gasteiger partial charge in [-0.2, -0.15) is 0 Å². The van der Waals surface area contributed by atoms with Crippen LogP contribution in [0.25, 0.3) is 0 Å². The molecule has 0 bridgehead atoms. The Labute approximate surface area is 114 Å². The van der Waals surface area contributed by atoms with E-state index in [1.54, 1.807) is 12.1 Å². The van der Waals surface area contributed by atoms with Gasteiger partial charge in [-0.1, -0.05) is 17.7 Å². The van der Waals surface area contributed by atoms with E-state index in [0.717, 1.165) is 12.8 Å². The van der Waals surface area contributed by atoms with E-state index in [1.807, 2.05) is 4.90 Å². The van der Waals surface area contributed by atoms with Crippen molar-refractivity contribution in [3.05, 3.63) is 33.3 Å². The molecule has 6 nitrogen and oxygen atoms in total. The number of hydrogen-bond donors (Lipinski definition) is 0. The summed E-state index contributed by atoms with van der Waals surface area (Å²) < 4.78 is 0. The predicted molar refractivity (Wildman–Crippen MR) is 70.6 cm³/mol. The highest BCUT2D eigenvalue weighted by atomic mass is 35.5. The first-order valence-electron chi connectivity index (χ1n) is 6.10. The van der Waals surface area contributed by atoms with Gasteiger partial charge in [0.15, 0.2) is 0 Å². The highest BCUT2D eigenvalue weighted by molar-refractivity contribution is 6.36. The summed E-state index contributed by atoms with van der Waals surface area (Å²) in [5, 5.41) is 10.9. The number of urea groups is 1.